The van der Waals surface area contributed by atoms with Gasteiger partial charge in [0.2, 0.25) is 0 Å². The van der Waals surface area contributed by atoms with Gasteiger partial charge in [-0.25, -0.2) is 4.98 Å². The van der Waals surface area contributed by atoms with Crippen molar-refractivity contribution in [3.63, 3.8) is 0 Å². The lowest BCUT2D eigenvalue weighted by Gasteiger charge is -2.14. The van der Waals surface area contributed by atoms with Crippen LogP contribution in [0.1, 0.15) is 32.3 Å². The first-order valence-electron chi connectivity index (χ1n) is 3.52. The molecule has 56 valence electrons. The highest BCUT2D eigenvalue weighted by Crippen LogP contribution is 2.18. The quantitative estimate of drug-likeness (QED) is 0.583. The molecule has 0 fully saturated rings. The van der Waals surface area contributed by atoms with Gasteiger partial charge in [-0.2, -0.15) is 0 Å². The first-order valence-corrected chi connectivity index (χ1v) is 3.52. The summed E-state index contributed by atoms with van der Waals surface area (Å²) >= 11 is 0. The molecule has 0 saturated carbocycles. The molecule has 0 atom stereocenters. The Bertz CT molecular complexity index is 217. The molecule has 10 heavy (non-hydrogen) atoms. The largest absolute Gasteiger partial charge is 0.346 e. The maximum absolute atomic E-state index is 4.13. The summed E-state index contributed by atoms with van der Waals surface area (Å²) in [5, 5.41) is 0. The number of nitrogens with zero attached hydrogens (tertiary/aromatic N) is 1. The number of rotatable bonds is 0. The van der Waals surface area contributed by atoms with Gasteiger partial charge < -0.3 is 4.98 Å². The summed E-state index contributed by atoms with van der Waals surface area (Å²) in [5.74, 6) is 0.991. The minimum Gasteiger partial charge on any atom is -0.346 e. The van der Waals surface area contributed by atoms with E-state index in [0.29, 0.717) is 0 Å². The van der Waals surface area contributed by atoms with E-state index in [1.54, 1.807) is 0 Å². The van der Waals surface area contributed by atoms with Gasteiger partial charge in [0.1, 0.15) is 5.82 Å². The van der Waals surface area contributed by atoms with Crippen LogP contribution in [0.4, 0.5) is 0 Å². The van der Waals surface area contributed by atoms with Crippen LogP contribution in [0.5, 0.6) is 0 Å². The SMILES string of the molecule is Cc1ncc(C(C)(C)C)[nH]1. The molecule has 0 amide bonds. The summed E-state index contributed by atoms with van der Waals surface area (Å²) in [6.45, 7) is 8.47. The second-order valence-corrected chi connectivity index (χ2v) is 3.63. The van der Waals surface area contributed by atoms with Crippen molar-refractivity contribution in [1.29, 1.82) is 0 Å². The zero-order valence-electron chi connectivity index (χ0n) is 7.02. The van der Waals surface area contributed by atoms with Crippen LogP contribution in [0.15, 0.2) is 6.20 Å². The molecule has 0 saturated heterocycles. The summed E-state index contributed by atoms with van der Waals surface area (Å²) in [6, 6.07) is 0. The van der Waals surface area contributed by atoms with E-state index in [2.05, 4.69) is 30.7 Å². The van der Waals surface area contributed by atoms with Crippen LogP contribution in [0.25, 0.3) is 0 Å². The number of aromatic amines is 1. The molecule has 0 aliphatic rings. The fourth-order valence-electron chi connectivity index (χ4n) is 0.802. The van der Waals surface area contributed by atoms with E-state index in [1.807, 2.05) is 13.1 Å². The molecule has 0 aromatic carbocycles. The number of hydrogen-bond donors (Lipinski definition) is 1. The van der Waals surface area contributed by atoms with Gasteiger partial charge in [-0.1, -0.05) is 20.8 Å². The van der Waals surface area contributed by atoms with Crippen molar-refractivity contribution < 1.29 is 0 Å². The molecule has 2 heteroatoms. The Morgan fingerprint density at radius 3 is 2.20 bits per heavy atom. The third-order valence-corrected chi connectivity index (χ3v) is 1.51. The van der Waals surface area contributed by atoms with Crippen molar-refractivity contribution in [2.24, 2.45) is 0 Å². The van der Waals surface area contributed by atoms with Gasteiger partial charge in [-0.05, 0) is 6.92 Å². The lowest BCUT2D eigenvalue weighted by atomic mass is 9.93. The number of aromatic nitrogens is 2. The van der Waals surface area contributed by atoms with Crippen LogP contribution in [-0.2, 0) is 5.41 Å². The van der Waals surface area contributed by atoms with Crippen LogP contribution < -0.4 is 0 Å². The van der Waals surface area contributed by atoms with Crippen LogP contribution >= 0.6 is 0 Å². The molecule has 0 bridgehead atoms. The van der Waals surface area contributed by atoms with Gasteiger partial charge in [-0.3, -0.25) is 0 Å². The highest BCUT2D eigenvalue weighted by molar-refractivity contribution is 5.10. The summed E-state index contributed by atoms with van der Waals surface area (Å²) in [7, 11) is 0. The third-order valence-electron chi connectivity index (χ3n) is 1.51. The van der Waals surface area contributed by atoms with Gasteiger partial charge in [0, 0.05) is 17.3 Å². The molecule has 1 N–H and O–H groups in total. The van der Waals surface area contributed by atoms with E-state index in [1.165, 1.54) is 5.69 Å². The standard InChI is InChI=1S/C8H14N2/c1-6-9-5-7(10-6)8(2,3)4/h5H,1-4H3,(H,9,10). The van der Waals surface area contributed by atoms with Gasteiger partial charge in [0.05, 0.1) is 0 Å². The van der Waals surface area contributed by atoms with E-state index in [4.69, 9.17) is 0 Å². The number of imidazole rings is 1. The lowest BCUT2D eigenvalue weighted by molar-refractivity contribution is 0.571. The van der Waals surface area contributed by atoms with Crippen molar-refractivity contribution in [2.75, 3.05) is 0 Å². The topological polar surface area (TPSA) is 28.7 Å². The van der Waals surface area contributed by atoms with Crippen LogP contribution in [0.3, 0.4) is 0 Å². The Morgan fingerprint density at radius 2 is 2.00 bits per heavy atom. The Balaban J connectivity index is 2.96. The van der Waals surface area contributed by atoms with Crippen LogP contribution in [0.2, 0.25) is 0 Å². The smallest absolute Gasteiger partial charge is 0.103 e. The zero-order chi connectivity index (χ0) is 7.78. The summed E-state index contributed by atoms with van der Waals surface area (Å²) < 4.78 is 0. The molecule has 1 heterocycles. The predicted molar refractivity (Wildman–Crippen MR) is 42.0 cm³/mol. The number of nitrogens with one attached hydrogen (secondary N) is 1. The maximum atomic E-state index is 4.13. The predicted octanol–water partition coefficient (Wildman–Crippen LogP) is 2.02. The fourth-order valence-corrected chi connectivity index (χ4v) is 0.802. The number of H-pyrrole nitrogens is 1. The van der Waals surface area contributed by atoms with Crippen LogP contribution in [0, 0.1) is 6.92 Å². The molecular formula is C8H14N2. The van der Waals surface area contributed by atoms with E-state index in [0.717, 1.165) is 5.82 Å². The van der Waals surface area contributed by atoms with Crippen molar-refractivity contribution >= 4 is 0 Å². The van der Waals surface area contributed by atoms with Crippen LogP contribution in [-0.4, -0.2) is 9.97 Å². The molecule has 2 nitrogen and oxygen atoms in total. The fraction of sp³-hybridized carbons (Fsp3) is 0.625. The van der Waals surface area contributed by atoms with Crippen molar-refractivity contribution in [3.05, 3.63) is 17.7 Å². The van der Waals surface area contributed by atoms with E-state index < -0.39 is 0 Å². The Kier molecular flexibility index (Phi) is 1.55. The lowest BCUT2D eigenvalue weighted by Crippen LogP contribution is -2.11. The molecule has 0 aliphatic carbocycles. The Hall–Kier alpha value is -0.790. The molecule has 0 spiro atoms. The van der Waals surface area contributed by atoms with Gasteiger partial charge in [0.25, 0.3) is 0 Å². The van der Waals surface area contributed by atoms with Gasteiger partial charge in [-0.15, -0.1) is 0 Å². The molecule has 0 aliphatic heterocycles. The Labute approximate surface area is 61.7 Å². The first kappa shape index (κ1) is 7.32. The summed E-state index contributed by atoms with van der Waals surface area (Å²) in [5.41, 5.74) is 1.39. The average Bonchev–Trinajstić information content (AvgIpc) is 2.11. The highest BCUT2D eigenvalue weighted by atomic mass is 14.9. The molecule has 1 aromatic rings. The minimum absolute atomic E-state index is 0.196. The van der Waals surface area contributed by atoms with Crippen molar-refractivity contribution in [2.45, 2.75) is 33.1 Å². The molecular weight excluding hydrogens is 124 g/mol. The molecule has 0 radical (unpaired) electrons. The normalized spacial score (nSPS) is 12.0. The Morgan fingerprint density at radius 1 is 1.40 bits per heavy atom. The number of hydrogen-bond acceptors (Lipinski definition) is 1. The first-order chi connectivity index (χ1) is 4.50. The van der Waals surface area contributed by atoms with Gasteiger partial charge in [0.15, 0.2) is 0 Å². The maximum Gasteiger partial charge on any atom is 0.103 e. The minimum atomic E-state index is 0.196. The average molecular weight is 138 g/mol. The third kappa shape index (κ3) is 1.38. The van der Waals surface area contributed by atoms with Crippen molar-refractivity contribution in [1.82, 2.24) is 9.97 Å². The monoisotopic (exact) mass is 138 g/mol. The molecule has 1 rings (SSSR count). The zero-order valence-corrected chi connectivity index (χ0v) is 7.02. The summed E-state index contributed by atoms with van der Waals surface area (Å²) in [4.78, 5) is 7.33. The van der Waals surface area contributed by atoms with E-state index in [-0.39, 0.29) is 5.41 Å². The van der Waals surface area contributed by atoms with E-state index in [9.17, 15) is 0 Å². The molecule has 1 aromatic heterocycles. The second-order valence-electron chi connectivity index (χ2n) is 3.63. The van der Waals surface area contributed by atoms with E-state index >= 15 is 0 Å². The second kappa shape index (κ2) is 2.11. The number of aryl methyl sites for hydroxylation is 1. The van der Waals surface area contributed by atoms with Crippen molar-refractivity contribution in [3.8, 4) is 0 Å². The van der Waals surface area contributed by atoms with Gasteiger partial charge >= 0.3 is 0 Å². The highest BCUT2D eigenvalue weighted by Gasteiger charge is 2.14. The molecule has 0 unspecified atom stereocenters. The summed E-state index contributed by atoms with van der Waals surface area (Å²) in [6.07, 6.45) is 1.90.